The molecule has 1 rings (SSSR count). The minimum atomic E-state index is -1.16. The second kappa shape index (κ2) is 6.73. The van der Waals surface area contributed by atoms with Gasteiger partial charge >= 0.3 is 5.97 Å². The molecule has 0 fully saturated rings. The normalized spacial score (nSPS) is 12.1. The highest BCUT2D eigenvalue weighted by Crippen LogP contribution is 2.05. The lowest BCUT2D eigenvalue weighted by Crippen LogP contribution is -2.32. The SMILES string of the molecule is CCCCCNC(=O)C(C)n1cc(C(=O)O)nn1. The van der Waals surface area contributed by atoms with Gasteiger partial charge in [0.2, 0.25) is 5.91 Å². The van der Waals surface area contributed by atoms with E-state index in [1.54, 1.807) is 6.92 Å². The van der Waals surface area contributed by atoms with Crippen molar-refractivity contribution in [2.24, 2.45) is 0 Å². The molecule has 0 radical (unpaired) electrons. The highest BCUT2D eigenvalue weighted by molar-refractivity contribution is 5.85. The van der Waals surface area contributed by atoms with Gasteiger partial charge in [0.1, 0.15) is 6.04 Å². The third kappa shape index (κ3) is 3.83. The number of nitrogens with zero attached hydrogens (tertiary/aromatic N) is 3. The molecule has 1 aromatic heterocycles. The van der Waals surface area contributed by atoms with Gasteiger partial charge < -0.3 is 10.4 Å². The quantitative estimate of drug-likeness (QED) is 0.703. The van der Waals surface area contributed by atoms with Crippen molar-refractivity contribution in [1.82, 2.24) is 20.3 Å². The second-order valence-electron chi connectivity index (χ2n) is 4.06. The summed E-state index contributed by atoms with van der Waals surface area (Å²) in [6.45, 7) is 4.36. The minimum Gasteiger partial charge on any atom is -0.476 e. The molecule has 100 valence electrons. The number of carboxylic acids is 1. The van der Waals surface area contributed by atoms with E-state index in [0.29, 0.717) is 6.54 Å². The van der Waals surface area contributed by atoms with Crippen LogP contribution in [0.25, 0.3) is 0 Å². The molecule has 7 heteroatoms. The van der Waals surface area contributed by atoms with Crippen LogP contribution in [0.3, 0.4) is 0 Å². The Morgan fingerprint density at radius 3 is 2.78 bits per heavy atom. The summed E-state index contributed by atoms with van der Waals surface area (Å²) >= 11 is 0. The van der Waals surface area contributed by atoms with Crippen molar-refractivity contribution >= 4 is 11.9 Å². The smallest absolute Gasteiger partial charge is 0.358 e. The van der Waals surface area contributed by atoms with Crippen molar-refractivity contribution in [3.8, 4) is 0 Å². The third-order valence-electron chi connectivity index (χ3n) is 2.59. The molecule has 1 unspecified atom stereocenters. The van der Waals surface area contributed by atoms with Crippen molar-refractivity contribution in [2.75, 3.05) is 6.54 Å². The maximum atomic E-state index is 11.7. The molecule has 1 aromatic rings. The third-order valence-corrected chi connectivity index (χ3v) is 2.59. The topological polar surface area (TPSA) is 97.1 Å². The van der Waals surface area contributed by atoms with Crippen LogP contribution < -0.4 is 5.32 Å². The Balaban J connectivity index is 2.49. The van der Waals surface area contributed by atoms with E-state index in [0.717, 1.165) is 19.3 Å². The van der Waals surface area contributed by atoms with E-state index in [4.69, 9.17) is 5.11 Å². The van der Waals surface area contributed by atoms with E-state index in [-0.39, 0.29) is 11.6 Å². The Bertz CT molecular complexity index is 416. The van der Waals surface area contributed by atoms with Crippen molar-refractivity contribution in [1.29, 1.82) is 0 Å². The van der Waals surface area contributed by atoms with Gasteiger partial charge in [0.05, 0.1) is 6.20 Å². The molecule has 0 aliphatic heterocycles. The van der Waals surface area contributed by atoms with Crippen LogP contribution in [0.4, 0.5) is 0 Å². The number of hydrogen-bond donors (Lipinski definition) is 2. The number of amides is 1. The van der Waals surface area contributed by atoms with Crippen LogP contribution in [0.5, 0.6) is 0 Å². The summed E-state index contributed by atoms with van der Waals surface area (Å²) in [6, 6.07) is -0.563. The van der Waals surface area contributed by atoms with Gasteiger partial charge in [-0.2, -0.15) is 0 Å². The van der Waals surface area contributed by atoms with Gasteiger partial charge in [-0.15, -0.1) is 5.10 Å². The molecule has 0 bridgehead atoms. The number of hydrogen-bond acceptors (Lipinski definition) is 4. The predicted octanol–water partition coefficient (Wildman–Crippen LogP) is 0.844. The van der Waals surface area contributed by atoms with Crippen LogP contribution in [-0.4, -0.2) is 38.5 Å². The van der Waals surface area contributed by atoms with Gasteiger partial charge in [-0.25, -0.2) is 9.48 Å². The average molecular weight is 254 g/mol. The fourth-order valence-electron chi connectivity index (χ4n) is 1.42. The lowest BCUT2D eigenvalue weighted by Gasteiger charge is -2.11. The predicted molar refractivity (Wildman–Crippen MR) is 64.2 cm³/mol. The van der Waals surface area contributed by atoms with Crippen molar-refractivity contribution in [3.05, 3.63) is 11.9 Å². The second-order valence-corrected chi connectivity index (χ2v) is 4.06. The lowest BCUT2D eigenvalue weighted by atomic mass is 10.2. The summed E-state index contributed by atoms with van der Waals surface area (Å²) in [4.78, 5) is 22.4. The van der Waals surface area contributed by atoms with Crippen LogP contribution in [0.1, 0.15) is 49.6 Å². The fourth-order valence-corrected chi connectivity index (χ4v) is 1.42. The Kier molecular flexibility index (Phi) is 5.29. The van der Waals surface area contributed by atoms with Gasteiger partial charge in [0.25, 0.3) is 0 Å². The van der Waals surface area contributed by atoms with E-state index in [2.05, 4.69) is 22.6 Å². The van der Waals surface area contributed by atoms with E-state index in [1.807, 2.05) is 0 Å². The zero-order valence-electron chi connectivity index (χ0n) is 10.6. The number of aromatic carboxylic acids is 1. The maximum Gasteiger partial charge on any atom is 0.358 e. The van der Waals surface area contributed by atoms with Crippen molar-refractivity contribution < 1.29 is 14.7 Å². The Hall–Kier alpha value is -1.92. The van der Waals surface area contributed by atoms with Crippen LogP contribution in [0, 0.1) is 0 Å². The van der Waals surface area contributed by atoms with Gasteiger partial charge in [-0.3, -0.25) is 4.79 Å². The van der Waals surface area contributed by atoms with Gasteiger partial charge in [-0.05, 0) is 13.3 Å². The average Bonchev–Trinajstić information content (AvgIpc) is 2.83. The number of carbonyl (C=O) groups is 2. The first kappa shape index (κ1) is 14.1. The first-order valence-electron chi connectivity index (χ1n) is 5.99. The van der Waals surface area contributed by atoms with Crippen LogP contribution >= 0.6 is 0 Å². The molecule has 0 spiro atoms. The highest BCUT2D eigenvalue weighted by atomic mass is 16.4. The number of unbranched alkanes of at least 4 members (excludes halogenated alkanes) is 2. The molecule has 0 saturated carbocycles. The van der Waals surface area contributed by atoms with Gasteiger partial charge in [0.15, 0.2) is 5.69 Å². The molecular weight excluding hydrogens is 236 g/mol. The standard InChI is InChI=1S/C11H18N4O3/c1-3-4-5-6-12-10(16)8(2)15-7-9(11(17)18)13-14-15/h7-8H,3-6H2,1-2H3,(H,12,16)(H,17,18). The van der Waals surface area contributed by atoms with Gasteiger partial charge in [0, 0.05) is 6.54 Å². The van der Waals surface area contributed by atoms with Crippen LogP contribution in [0.2, 0.25) is 0 Å². The summed E-state index contributed by atoms with van der Waals surface area (Å²) in [5.74, 6) is -1.34. The Morgan fingerprint density at radius 1 is 1.50 bits per heavy atom. The Morgan fingerprint density at radius 2 is 2.22 bits per heavy atom. The molecule has 18 heavy (non-hydrogen) atoms. The number of carboxylic acid groups (broad SMARTS) is 1. The van der Waals surface area contributed by atoms with E-state index >= 15 is 0 Å². The largest absolute Gasteiger partial charge is 0.476 e. The Labute approximate surface area is 105 Å². The van der Waals surface area contributed by atoms with Crippen LogP contribution in [0.15, 0.2) is 6.20 Å². The number of aromatic nitrogens is 3. The number of nitrogens with one attached hydrogen (secondary N) is 1. The minimum absolute atomic E-state index is 0.166. The highest BCUT2D eigenvalue weighted by Gasteiger charge is 2.17. The number of rotatable bonds is 7. The molecule has 0 aliphatic carbocycles. The maximum absolute atomic E-state index is 11.7. The zero-order chi connectivity index (χ0) is 13.5. The molecule has 7 nitrogen and oxygen atoms in total. The molecular formula is C11H18N4O3. The fraction of sp³-hybridized carbons (Fsp3) is 0.636. The molecule has 1 atom stereocenters. The summed E-state index contributed by atoms with van der Waals surface area (Å²) in [5, 5.41) is 18.6. The number of carbonyl (C=O) groups excluding carboxylic acids is 1. The summed E-state index contributed by atoms with van der Waals surface area (Å²) in [6.07, 6.45) is 4.35. The molecule has 0 aromatic carbocycles. The molecule has 0 aliphatic rings. The van der Waals surface area contributed by atoms with E-state index in [9.17, 15) is 9.59 Å². The van der Waals surface area contributed by atoms with Crippen molar-refractivity contribution in [3.63, 3.8) is 0 Å². The first-order chi connectivity index (χ1) is 8.56. The van der Waals surface area contributed by atoms with E-state index in [1.165, 1.54) is 10.9 Å². The molecule has 2 N–H and O–H groups in total. The molecule has 0 saturated heterocycles. The van der Waals surface area contributed by atoms with Crippen LogP contribution in [-0.2, 0) is 4.79 Å². The van der Waals surface area contributed by atoms with E-state index < -0.39 is 12.0 Å². The van der Waals surface area contributed by atoms with Gasteiger partial charge in [-0.1, -0.05) is 25.0 Å². The van der Waals surface area contributed by atoms with Crippen molar-refractivity contribution in [2.45, 2.75) is 39.2 Å². The molecule has 1 amide bonds. The summed E-state index contributed by atoms with van der Waals surface area (Å²) in [7, 11) is 0. The molecule has 1 heterocycles. The zero-order valence-corrected chi connectivity index (χ0v) is 10.6. The summed E-state index contributed by atoms with van der Waals surface area (Å²) in [5.41, 5.74) is -0.166. The summed E-state index contributed by atoms with van der Waals surface area (Å²) < 4.78 is 1.25. The monoisotopic (exact) mass is 254 g/mol. The lowest BCUT2D eigenvalue weighted by molar-refractivity contribution is -0.124. The first-order valence-corrected chi connectivity index (χ1v) is 5.99.